The lowest BCUT2D eigenvalue weighted by atomic mass is 10.0. The van der Waals surface area contributed by atoms with Crippen LogP contribution < -0.4 is 10.1 Å². The molecule has 3 aromatic carbocycles. The minimum Gasteiger partial charge on any atom is -0.494 e. The number of nitrogens with zero attached hydrogens (tertiary/aromatic N) is 1. The number of rotatable bonds is 6. The molecule has 1 unspecified atom stereocenters. The van der Waals surface area contributed by atoms with E-state index >= 15 is 0 Å². The Balaban J connectivity index is 1.66. The quantitative estimate of drug-likeness (QED) is 0.641. The van der Waals surface area contributed by atoms with Gasteiger partial charge in [-0.2, -0.15) is 0 Å². The van der Waals surface area contributed by atoms with Gasteiger partial charge in [-0.1, -0.05) is 42.5 Å². The van der Waals surface area contributed by atoms with Crippen LogP contribution in [0.3, 0.4) is 0 Å². The fourth-order valence-corrected chi connectivity index (χ4v) is 4.09. The van der Waals surface area contributed by atoms with E-state index in [0.29, 0.717) is 31.7 Å². The van der Waals surface area contributed by atoms with Crippen LogP contribution in [0, 0.1) is 0 Å². The Morgan fingerprint density at radius 2 is 1.81 bits per heavy atom. The molecule has 1 aliphatic rings. The van der Waals surface area contributed by atoms with Crippen molar-refractivity contribution in [2.24, 2.45) is 0 Å². The molecule has 1 N–H and O–H groups in total. The van der Waals surface area contributed by atoms with Gasteiger partial charge in [0.1, 0.15) is 11.8 Å². The summed E-state index contributed by atoms with van der Waals surface area (Å²) in [5, 5.41) is 5.07. The van der Waals surface area contributed by atoms with Crippen LogP contribution in [0.4, 0.5) is 0 Å². The van der Waals surface area contributed by atoms with Gasteiger partial charge < -0.3 is 15.0 Å². The van der Waals surface area contributed by atoms with E-state index < -0.39 is 6.04 Å². The first-order valence-corrected chi connectivity index (χ1v) is 10.9. The van der Waals surface area contributed by atoms with E-state index in [-0.39, 0.29) is 11.8 Å². The lowest BCUT2D eigenvalue weighted by Crippen LogP contribution is -2.48. The number of carbonyl (C=O) groups is 2. The highest BCUT2D eigenvalue weighted by Gasteiger charge is 2.31. The summed E-state index contributed by atoms with van der Waals surface area (Å²) in [5.41, 5.74) is 1.57. The van der Waals surface area contributed by atoms with Crippen LogP contribution in [-0.2, 0) is 11.3 Å². The maximum atomic E-state index is 13.6. The van der Waals surface area contributed by atoms with Crippen LogP contribution >= 0.6 is 0 Å². The summed E-state index contributed by atoms with van der Waals surface area (Å²) < 4.78 is 5.53. The van der Waals surface area contributed by atoms with Gasteiger partial charge in [-0.05, 0) is 66.8 Å². The van der Waals surface area contributed by atoms with Crippen molar-refractivity contribution in [2.75, 3.05) is 13.2 Å². The third-order valence-corrected chi connectivity index (χ3v) is 5.73. The third-order valence-electron chi connectivity index (χ3n) is 5.73. The summed E-state index contributed by atoms with van der Waals surface area (Å²) in [6.45, 7) is 3.59. The topological polar surface area (TPSA) is 58.6 Å². The maximum Gasteiger partial charge on any atom is 0.254 e. The summed E-state index contributed by atoms with van der Waals surface area (Å²) >= 11 is 0. The molecule has 3 aromatic rings. The molecular formula is C26H28N2O3. The molecule has 0 saturated carbocycles. The molecule has 2 amide bonds. The second kappa shape index (κ2) is 9.65. The zero-order valence-corrected chi connectivity index (χ0v) is 17.8. The molecule has 5 heteroatoms. The van der Waals surface area contributed by atoms with E-state index in [4.69, 9.17) is 4.74 Å². The van der Waals surface area contributed by atoms with Crippen LogP contribution in [0.15, 0.2) is 66.7 Å². The van der Waals surface area contributed by atoms with E-state index in [1.54, 1.807) is 4.90 Å². The monoisotopic (exact) mass is 416 g/mol. The fourth-order valence-electron chi connectivity index (χ4n) is 4.09. The maximum absolute atomic E-state index is 13.6. The molecular weight excluding hydrogens is 388 g/mol. The minimum absolute atomic E-state index is 0.0717. The van der Waals surface area contributed by atoms with Crippen molar-refractivity contribution in [2.45, 2.75) is 38.8 Å². The van der Waals surface area contributed by atoms with Gasteiger partial charge in [-0.3, -0.25) is 9.59 Å². The molecule has 5 nitrogen and oxygen atoms in total. The van der Waals surface area contributed by atoms with Crippen LogP contribution in [-0.4, -0.2) is 35.9 Å². The van der Waals surface area contributed by atoms with Gasteiger partial charge in [0.15, 0.2) is 0 Å². The zero-order valence-electron chi connectivity index (χ0n) is 17.8. The second-order valence-electron chi connectivity index (χ2n) is 7.87. The molecule has 0 aromatic heterocycles. The lowest BCUT2D eigenvalue weighted by molar-refractivity contribution is -0.125. The van der Waals surface area contributed by atoms with E-state index in [9.17, 15) is 9.59 Å². The first-order valence-electron chi connectivity index (χ1n) is 10.9. The molecule has 4 rings (SSSR count). The Kier molecular flexibility index (Phi) is 6.51. The summed E-state index contributed by atoms with van der Waals surface area (Å²) in [4.78, 5) is 28.2. The Labute approximate surface area is 183 Å². The van der Waals surface area contributed by atoms with Crippen molar-refractivity contribution in [1.82, 2.24) is 10.2 Å². The Morgan fingerprint density at radius 1 is 1.03 bits per heavy atom. The number of nitrogens with one attached hydrogen (secondary N) is 1. The number of hydrogen-bond acceptors (Lipinski definition) is 3. The number of hydrogen-bond donors (Lipinski definition) is 1. The van der Waals surface area contributed by atoms with Gasteiger partial charge in [-0.25, -0.2) is 0 Å². The van der Waals surface area contributed by atoms with Crippen molar-refractivity contribution in [3.05, 3.63) is 77.9 Å². The van der Waals surface area contributed by atoms with E-state index in [2.05, 4.69) is 5.32 Å². The SMILES string of the molecule is CCOc1ccc(CN(C(=O)c2ccc3ccccc3c2)C2CCCCNC2=O)cc1. The van der Waals surface area contributed by atoms with Crippen LogP contribution in [0.5, 0.6) is 5.75 Å². The molecule has 0 bridgehead atoms. The number of benzene rings is 3. The standard InChI is InChI=1S/C26H28N2O3/c1-2-31-23-14-10-19(11-15-23)18-28(24-9-5-6-16-27-25(24)29)26(30)22-13-12-20-7-3-4-8-21(20)17-22/h3-4,7-8,10-15,17,24H,2,5-6,9,16,18H2,1H3,(H,27,29). The van der Waals surface area contributed by atoms with Crippen LogP contribution in [0.1, 0.15) is 42.1 Å². The Hall–Kier alpha value is -3.34. The van der Waals surface area contributed by atoms with Gasteiger partial charge in [0.2, 0.25) is 5.91 Å². The predicted octanol–water partition coefficient (Wildman–Crippen LogP) is 4.55. The van der Waals surface area contributed by atoms with Gasteiger partial charge in [0.05, 0.1) is 6.61 Å². The third kappa shape index (κ3) is 4.88. The molecule has 1 aliphatic heterocycles. The molecule has 1 atom stereocenters. The van der Waals surface area contributed by atoms with E-state index in [1.807, 2.05) is 73.7 Å². The lowest BCUT2D eigenvalue weighted by Gasteiger charge is -2.30. The van der Waals surface area contributed by atoms with E-state index in [1.165, 1.54) is 0 Å². The largest absolute Gasteiger partial charge is 0.494 e. The van der Waals surface area contributed by atoms with Crippen molar-refractivity contribution < 1.29 is 14.3 Å². The minimum atomic E-state index is -0.479. The molecule has 1 heterocycles. The number of ether oxygens (including phenoxy) is 1. The van der Waals surface area contributed by atoms with Crippen molar-refractivity contribution >= 4 is 22.6 Å². The normalized spacial score (nSPS) is 16.4. The molecule has 1 fully saturated rings. The molecule has 0 aliphatic carbocycles. The van der Waals surface area contributed by atoms with Gasteiger partial charge in [-0.15, -0.1) is 0 Å². The number of carbonyl (C=O) groups excluding carboxylic acids is 2. The van der Waals surface area contributed by atoms with Crippen molar-refractivity contribution in [3.63, 3.8) is 0 Å². The van der Waals surface area contributed by atoms with Crippen molar-refractivity contribution in [3.8, 4) is 5.75 Å². The van der Waals surface area contributed by atoms with Crippen molar-refractivity contribution in [1.29, 1.82) is 0 Å². The summed E-state index contributed by atoms with van der Waals surface area (Å²) in [6.07, 6.45) is 2.51. The summed E-state index contributed by atoms with van der Waals surface area (Å²) in [6, 6.07) is 21.0. The molecule has 31 heavy (non-hydrogen) atoms. The predicted molar refractivity (Wildman–Crippen MR) is 122 cm³/mol. The molecule has 1 saturated heterocycles. The first kappa shape index (κ1) is 20.9. The highest BCUT2D eigenvalue weighted by Crippen LogP contribution is 2.23. The van der Waals surface area contributed by atoms with E-state index in [0.717, 1.165) is 34.9 Å². The highest BCUT2D eigenvalue weighted by atomic mass is 16.5. The second-order valence-corrected chi connectivity index (χ2v) is 7.87. The average molecular weight is 417 g/mol. The number of fused-ring (bicyclic) bond motifs is 1. The van der Waals surface area contributed by atoms with Gasteiger partial charge >= 0.3 is 0 Å². The fraction of sp³-hybridized carbons (Fsp3) is 0.308. The van der Waals surface area contributed by atoms with Crippen LogP contribution in [0.2, 0.25) is 0 Å². The Bertz CT molecular complexity index is 1060. The summed E-state index contributed by atoms with van der Waals surface area (Å²) in [5.74, 6) is 0.602. The smallest absolute Gasteiger partial charge is 0.254 e. The van der Waals surface area contributed by atoms with Gasteiger partial charge in [0.25, 0.3) is 5.91 Å². The highest BCUT2D eigenvalue weighted by molar-refractivity contribution is 6.00. The average Bonchev–Trinajstić information content (AvgIpc) is 3.02. The zero-order chi connectivity index (χ0) is 21.6. The number of amides is 2. The molecule has 0 radical (unpaired) electrons. The first-order chi connectivity index (χ1) is 15.2. The summed E-state index contributed by atoms with van der Waals surface area (Å²) in [7, 11) is 0. The molecule has 160 valence electrons. The van der Waals surface area contributed by atoms with Crippen LogP contribution in [0.25, 0.3) is 10.8 Å². The van der Waals surface area contributed by atoms with Gasteiger partial charge in [0, 0.05) is 18.7 Å². The Morgan fingerprint density at radius 3 is 2.58 bits per heavy atom. The molecule has 0 spiro atoms.